The van der Waals surface area contributed by atoms with Crippen molar-refractivity contribution in [3.63, 3.8) is 0 Å². The maximum Gasteiger partial charge on any atom is 0.319 e. The van der Waals surface area contributed by atoms with Crippen LogP contribution in [0.2, 0.25) is 0 Å². The molecule has 0 radical (unpaired) electrons. The normalized spacial score (nSPS) is 12.2. The number of furan rings is 1. The molecule has 0 bridgehead atoms. The number of carbonyl (C=O) groups is 1. The van der Waals surface area contributed by atoms with Crippen molar-refractivity contribution in [2.24, 2.45) is 0 Å². The fraction of sp³-hybridized carbons (Fsp3) is 0.389. The van der Waals surface area contributed by atoms with Crippen LogP contribution in [0.5, 0.6) is 0 Å². The van der Waals surface area contributed by atoms with E-state index in [1.165, 1.54) is 0 Å². The Morgan fingerprint density at radius 2 is 2.04 bits per heavy atom. The Labute approximate surface area is 142 Å². The zero-order valence-corrected chi connectivity index (χ0v) is 14.4. The molecule has 1 heterocycles. The molecule has 0 fully saturated rings. The van der Waals surface area contributed by atoms with Crippen LogP contribution in [0.15, 0.2) is 47.1 Å². The van der Waals surface area contributed by atoms with E-state index in [9.17, 15) is 4.79 Å². The van der Waals surface area contributed by atoms with Crippen LogP contribution in [-0.2, 0) is 11.3 Å². The molecule has 0 saturated carbocycles. The van der Waals surface area contributed by atoms with Gasteiger partial charge >= 0.3 is 6.03 Å². The van der Waals surface area contributed by atoms with E-state index in [1.54, 1.807) is 6.26 Å². The van der Waals surface area contributed by atoms with Gasteiger partial charge in [-0.25, -0.2) is 4.79 Å². The van der Waals surface area contributed by atoms with Gasteiger partial charge in [0, 0.05) is 24.4 Å². The number of benzene rings is 1. The average molecular weight is 331 g/mol. The molecule has 0 saturated heterocycles. The predicted octanol–water partition coefficient (Wildman–Crippen LogP) is 3.24. The van der Waals surface area contributed by atoms with Crippen molar-refractivity contribution in [1.82, 2.24) is 10.2 Å². The molecule has 0 spiro atoms. The third-order valence-electron chi connectivity index (χ3n) is 3.68. The summed E-state index contributed by atoms with van der Waals surface area (Å²) in [5, 5.41) is 5.77. The summed E-state index contributed by atoms with van der Waals surface area (Å²) >= 11 is 0. The van der Waals surface area contributed by atoms with E-state index in [2.05, 4.69) is 10.6 Å². The van der Waals surface area contributed by atoms with Gasteiger partial charge in [-0.05, 0) is 39.2 Å². The molecule has 2 rings (SSSR count). The minimum absolute atomic E-state index is 0.0237. The van der Waals surface area contributed by atoms with Crippen molar-refractivity contribution in [3.05, 3.63) is 54.0 Å². The average Bonchev–Trinajstić information content (AvgIpc) is 3.08. The number of anilines is 1. The van der Waals surface area contributed by atoms with Crippen LogP contribution < -0.4 is 10.6 Å². The van der Waals surface area contributed by atoms with Gasteiger partial charge in [0.1, 0.15) is 5.76 Å². The summed E-state index contributed by atoms with van der Waals surface area (Å²) in [6, 6.07) is 11.1. The van der Waals surface area contributed by atoms with Crippen LogP contribution in [0.1, 0.15) is 24.3 Å². The standard InChI is InChI=1S/C18H25N3O3/c1-4-23-13-14-8-5-6-9-15(14)20-18(22)19-12-16(21(2)3)17-10-7-11-24-17/h5-11,16H,4,12-13H2,1-3H3,(H2,19,20,22). The molecular formula is C18H25N3O3. The highest BCUT2D eigenvalue weighted by molar-refractivity contribution is 5.90. The Morgan fingerprint density at radius 1 is 1.25 bits per heavy atom. The van der Waals surface area contributed by atoms with Crippen LogP contribution in [0.25, 0.3) is 0 Å². The van der Waals surface area contributed by atoms with Gasteiger partial charge in [-0.3, -0.25) is 4.90 Å². The molecular weight excluding hydrogens is 306 g/mol. The molecule has 2 N–H and O–H groups in total. The number of nitrogens with zero attached hydrogens (tertiary/aromatic N) is 1. The smallest absolute Gasteiger partial charge is 0.319 e. The number of nitrogens with one attached hydrogen (secondary N) is 2. The number of hydrogen-bond donors (Lipinski definition) is 2. The van der Waals surface area contributed by atoms with Gasteiger partial charge in [0.05, 0.1) is 18.9 Å². The van der Waals surface area contributed by atoms with Crippen molar-refractivity contribution in [2.45, 2.75) is 19.6 Å². The van der Waals surface area contributed by atoms with Crippen LogP contribution in [-0.4, -0.2) is 38.2 Å². The van der Waals surface area contributed by atoms with Crippen molar-refractivity contribution >= 4 is 11.7 Å². The van der Waals surface area contributed by atoms with Crippen molar-refractivity contribution in [3.8, 4) is 0 Å². The maximum atomic E-state index is 12.2. The summed E-state index contributed by atoms with van der Waals surface area (Å²) < 4.78 is 10.9. The van der Waals surface area contributed by atoms with Gasteiger partial charge in [0.15, 0.2) is 0 Å². The number of hydrogen-bond acceptors (Lipinski definition) is 4. The van der Waals surface area contributed by atoms with E-state index in [0.29, 0.717) is 19.8 Å². The lowest BCUT2D eigenvalue weighted by Crippen LogP contribution is -2.36. The Bertz CT molecular complexity index is 626. The van der Waals surface area contributed by atoms with E-state index in [-0.39, 0.29) is 12.1 Å². The monoisotopic (exact) mass is 331 g/mol. The van der Waals surface area contributed by atoms with Gasteiger partial charge < -0.3 is 19.8 Å². The zero-order valence-electron chi connectivity index (χ0n) is 14.4. The Kier molecular flexibility index (Phi) is 6.84. The second-order valence-corrected chi connectivity index (χ2v) is 5.62. The molecule has 2 amide bonds. The Hall–Kier alpha value is -2.31. The third kappa shape index (κ3) is 5.11. The number of urea groups is 1. The number of likely N-dealkylation sites (N-methyl/N-ethyl adjacent to an activating group) is 1. The number of para-hydroxylation sites is 1. The number of carbonyl (C=O) groups excluding carboxylic acids is 1. The second kappa shape index (κ2) is 9.10. The molecule has 6 nitrogen and oxygen atoms in total. The summed E-state index contributed by atoms with van der Waals surface area (Å²) in [6.07, 6.45) is 1.63. The fourth-order valence-corrected chi connectivity index (χ4v) is 2.35. The lowest BCUT2D eigenvalue weighted by Gasteiger charge is -2.22. The summed E-state index contributed by atoms with van der Waals surface area (Å²) in [5.74, 6) is 0.817. The fourth-order valence-electron chi connectivity index (χ4n) is 2.35. The highest BCUT2D eigenvalue weighted by atomic mass is 16.5. The first-order chi connectivity index (χ1) is 11.6. The largest absolute Gasteiger partial charge is 0.468 e. The second-order valence-electron chi connectivity index (χ2n) is 5.62. The van der Waals surface area contributed by atoms with E-state index in [4.69, 9.17) is 9.15 Å². The highest BCUT2D eigenvalue weighted by Gasteiger charge is 2.18. The SMILES string of the molecule is CCOCc1ccccc1NC(=O)NCC(c1ccco1)N(C)C. The van der Waals surface area contributed by atoms with Gasteiger partial charge in [-0.2, -0.15) is 0 Å². The summed E-state index contributed by atoms with van der Waals surface area (Å²) in [6.45, 7) is 3.49. The third-order valence-corrected chi connectivity index (χ3v) is 3.68. The van der Waals surface area contributed by atoms with Crippen LogP contribution in [0, 0.1) is 0 Å². The first kappa shape index (κ1) is 18.0. The lowest BCUT2D eigenvalue weighted by atomic mass is 10.2. The number of rotatable bonds is 8. The maximum absolute atomic E-state index is 12.2. The molecule has 1 atom stereocenters. The topological polar surface area (TPSA) is 66.7 Å². The van der Waals surface area contributed by atoms with Gasteiger partial charge in [-0.1, -0.05) is 18.2 Å². The number of ether oxygens (including phenoxy) is 1. The molecule has 1 unspecified atom stereocenters. The van der Waals surface area contributed by atoms with E-state index in [0.717, 1.165) is 17.0 Å². The van der Waals surface area contributed by atoms with Gasteiger partial charge in [-0.15, -0.1) is 0 Å². The minimum atomic E-state index is -0.252. The highest BCUT2D eigenvalue weighted by Crippen LogP contribution is 2.18. The summed E-state index contributed by atoms with van der Waals surface area (Å²) in [5.41, 5.74) is 1.70. The molecule has 130 valence electrons. The van der Waals surface area contributed by atoms with E-state index >= 15 is 0 Å². The van der Waals surface area contributed by atoms with Crippen molar-refractivity contribution in [2.75, 3.05) is 32.6 Å². The Morgan fingerprint density at radius 3 is 2.71 bits per heavy atom. The molecule has 0 aliphatic carbocycles. The van der Waals surface area contributed by atoms with Gasteiger partial charge in [0.2, 0.25) is 0 Å². The quantitative estimate of drug-likeness (QED) is 0.779. The van der Waals surface area contributed by atoms with Gasteiger partial charge in [0.25, 0.3) is 0 Å². The molecule has 0 aliphatic rings. The molecule has 1 aromatic heterocycles. The summed E-state index contributed by atoms with van der Waals surface area (Å²) in [4.78, 5) is 14.2. The van der Waals surface area contributed by atoms with E-state index in [1.807, 2.05) is 62.3 Å². The zero-order chi connectivity index (χ0) is 17.4. The Balaban J connectivity index is 1.93. The molecule has 6 heteroatoms. The lowest BCUT2D eigenvalue weighted by molar-refractivity contribution is 0.134. The first-order valence-corrected chi connectivity index (χ1v) is 8.02. The van der Waals surface area contributed by atoms with Crippen molar-refractivity contribution in [1.29, 1.82) is 0 Å². The summed E-state index contributed by atoms with van der Waals surface area (Å²) in [7, 11) is 3.90. The van der Waals surface area contributed by atoms with Crippen LogP contribution in [0.3, 0.4) is 0 Å². The minimum Gasteiger partial charge on any atom is -0.468 e. The first-order valence-electron chi connectivity index (χ1n) is 8.02. The number of amides is 2. The molecule has 2 aromatic rings. The van der Waals surface area contributed by atoms with Crippen LogP contribution in [0.4, 0.5) is 10.5 Å². The predicted molar refractivity (Wildman–Crippen MR) is 93.9 cm³/mol. The van der Waals surface area contributed by atoms with Crippen LogP contribution >= 0.6 is 0 Å². The molecule has 0 aliphatic heterocycles. The molecule has 1 aromatic carbocycles. The van der Waals surface area contributed by atoms with E-state index < -0.39 is 0 Å². The van der Waals surface area contributed by atoms with Crippen molar-refractivity contribution < 1.29 is 13.9 Å². The molecule has 24 heavy (non-hydrogen) atoms.